The highest BCUT2D eigenvalue weighted by molar-refractivity contribution is 6.02. The first-order valence-electron chi connectivity index (χ1n) is 8.15. The molecule has 0 fully saturated rings. The number of aryl methyl sites for hydroxylation is 1. The molecule has 2 aromatic carbocycles. The van der Waals surface area contributed by atoms with E-state index >= 15 is 0 Å². The number of rotatable bonds is 6. The molecule has 6 nitrogen and oxygen atoms in total. The third kappa shape index (κ3) is 4.73. The van der Waals surface area contributed by atoms with Gasteiger partial charge in [-0.3, -0.25) is 9.59 Å². The van der Waals surface area contributed by atoms with Gasteiger partial charge in [-0.1, -0.05) is 23.8 Å². The molecule has 3 aromatic rings. The van der Waals surface area contributed by atoms with Crippen LogP contribution in [0, 0.1) is 6.92 Å². The van der Waals surface area contributed by atoms with E-state index in [1.807, 2.05) is 31.2 Å². The summed E-state index contributed by atoms with van der Waals surface area (Å²) in [7, 11) is 0. The van der Waals surface area contributed by atoms with E-state index in [4.69, 9.17) is 4.42 Å². The molecular weight excluding hydrogens is 330 g/mol. The number of nitrogens with one attached hydrogen (secondary N) is 3. The maximum absolute atomic E-state index is 12.1. The Labute approximate surface area is 151 Å². The van der Waals surface area contributed by atoms with Gasteiger partial charge >= 0.3 is 0 Å². The number of carbonyl (C=O) groups is 2. The topological polar surface area (TPSA) is 83.4 Å². The molecule has 0 unspecified atom stereocenters. The molecule has 0 radical (unpaired) electrons. The van der Waals surface area contributed by atoms with Crippen molar-refractivity contribution in [2.45, 2.75) is 6.92 Å². The molecule has 0 atom stereocenters. The van der Waals surface area contributed by atoms with Crippen LogP contribution in [0.3, 0.4) is 0 Å². The third-order valence-electron chi connectivity index (χ3n) is 3.65. The summed E-state index contributed by atoms with van der Waals surface area (Å²) in [6.45, 7) is 2.15. The SMILES string of the molecule is Cc1ccc(NCC(=O)Nc2cccc(NC(=O)c3ccco3)c2)cc1. The molecule has 1 heterocycles. The van der Waals surface area contributed by atoms with Gasteiger partial charge in [0, 0.05) is 17.1 Å². The average Bonchev–Trinajstić information content (AvgIpc) is 3.16. The zero-order valence-electron chi connectivity index (χ0n) is 14.3. The minimum atomic E-state index is -0.348. The molecule has 3 rings (SSSR count). The molecule has 0 saturated carbocycles. The van der Waals surface area contributed by atoms with Crippen molar-refractivity contribution in [1.29, 1.82) is 0 Å². The van der Waals surface area contributed by atoms with E-state index in [9.17, 15) is 9.59 Å². The van der Waals surface area contributed by atoms with Gasteiger partial charge in [-0.15, -0.1) is 0 Å². The first kappa shape index (κ1) is 17.3. The van der Waals surface area contributed by atoms with Gasteiger partial charge in [-0.25, -0.2) is 0 Å². The van der Waals surface area contributed by atoms with E-state index in [0.717, 1.165) is 11.3 Å². The second-order valence-corrected chi connectivity index (χ2v) is 5.78. The number of furan rings is 1. The Morgan fingerprint density at radius 3 is 2.31 bits per heavy atom. The molecule has 1 aromatic heterocycles. The maximum atomic E-state index is 12.1. The second kappa shape index (κ2) is 8.02. The summed E-state index contributed by atoms with van der Waals surface area (Å²) >= 11 is 0. The van der Waals surface area contributed by atoms with E-state index in [-0.39, 0.29) is 24.1 Å². The summed E-state index contributed by atoms with van der Waals surface area (Å²) in [6.07, 6.45) is 1.44. The van der Waals surface area contributed by atoms with Crippen LogP contribution in [0.15, 0.2) is 71.3 Å². The van der Waals surface area contributed by atoms with Gasteiger partial charge in [0.2, 0.25) is 5.91 Å². The van der Waals surface area contributed by atoms with Crippen LogP contribution in [0.1, 0.15) is 16.1 Å². The zero-order chi connectivity index (χ0) is 18.4. The minimum Gasteiger partial charge on any atom is -0.459 e. The van der Waals surface area contributed by atoms with E-state index in [1.54, 1.807) is 36.4 Å². The van der Waals surface area contributed by atoms with Gasteiger partial charge < -0.3 is 20.4 Å². The number of anilines is 3. The summed E-state index contributed by atoms with van der Waals surface area (Å²) in [5.41, 5.74) is 3.20. The predicted octanol–water partition coefficient (Wildman–Crippen LogP) is 3.89. The highest BCUT2D eigenvalue weighted by atomic mass is 16.3. The lowest BCUT2D eigenvalue weighted by Gasteiger charge is -2.10. The van der Waals surface area contributed by atoms with Crippen LogP contribution in [-0.4, -0.2) is 18.4 Å². The largest absolute Gasteiger partial charge is 0.459 e. The Balaban J connectivity index is 1.55. The van der Waals surface area contributed by atoms with E-state index in [2.05, 4.69) is 16.0 Å². The molecule has 0 spiro atoms. The first-order valence-corrected chi connectivity index (χ1v) is 8.15. The van der Waals surface area contributed by atoms with Crippen molar-refractivity contribution in [3.8, 4) is 0 Å². The van der Waals surface area contributed by atoms with Gasteiger partial charge in [0.1, 0.15) is 0 Å². The Bertz CT molecular complexity index is 887. The summed E-state index contributed by atoms with van der Waals surface area (Å²) < 4.78 is 5.05. The molecule has 0 saturated heterocycles. The van der Waals surface area contributed by atoms with Crippen LogP contribution < -0.4 is 16.0 Å². The van der Waals surface area contributed by atoms with Crippen molar-refractivity contribution < 1.29 is 14.0 Å². The average molecular weight is 349 g/mol. The predicted molar refractivity (Wildman–Crippen MR) is 101 cm³/mol. The molecule has 0 aliphatic rings. The molecule has 3 N–H and O–H groups in total. The number of amides is 2. The second-order valence-electron chi connectivity index (χ2n) is 5.78. The molecule has 132 valence electrons. The van der Waals surface area contributed by atoms with Gasteiger partial charge in [0.15, 0.2) is 5.76 Å². The molecule has 6 heteroatoms. The molecule has 2 amide bonds. The summed E-state index contributed by atoms with van der Waals surface area (Å²) in [6, 6.07) is 18.0. The Hall–Kier alpha value is -3.54. The first-order chi connectivity index (χ1) is 12.6. The molecular formula is C20H19N3O3. The lowest BCUT2D eigenvalue weighted by molar-refractivity contribution is -0.114. The van der Waals surface area contributed by atoms with Crippen molar-refractivity contribution in [1.82, 2.24) is 0 Å². The number of hydrogen-bond acceptors (Lipinski definition) is 4. The molecule has 0 bridgehead atoms. The lowest BCUT2D eigenvalue weighted by atomic mass is 10.2. The van der Waals surface area contributed by atoms with Crippen LogP contribution in [0.2, 0.25) is 0 Å². The normalized spacial score (nSPS) is 10.2. The van der Waals surface area contributed by atoms with Crippen LogP contribution in [0.25, 0.3) is 0 Å². The number of hydrogen-bond donors (Lipinski definition) is 3. The lowest BCUT2D eigenvalue weighted by Crippen LogP contribution is -2.21. The molecule has 0 aliphatic heterocycles. The van der Waals surface area contributed by atoms with Crippen molar-refractivity contribution in [3.05, 3.63) is 78.3 Å². The highest BCUT2D eigenvalue weighted by Gasteiger charge is 2.09. The van der Waals surface area contributed by atoms with E-state index < -0.39 is 0 Å². The maximum Gasteiger partial charge on any atom is 0.291 e. The Morgan fingerprint density at radius 2 is 1.62 bits per heavy atom. The smallest absolute Gasteiger partial charge is 0.291 e. The monoisotopic (exact) mass is 349 g/mol. The van der Waals surface area contributed by atoms with Gasteiger partial charge in [-0.05, 0) is 49.4 Å². The third-order valence-corrected chi connectivity index (χ3v) is 3.65. The number of benzene rings is 2. The van der Waals surface area contributed by atoms with Gasteiger partial charge in [0.05, 0.1) is 12.8 Å². The Kier molecular flexibility index (Phi) is 5.34. The molecule has 26 heavy (non-hydrogen) atoms. The summed E-state index contributed by atoms with van der Waals surface area (Å²) in [5.74, 6) is -0.304. The fraction of sp³-hybridized carbons (Fsp3) is 0.100. The van der Waals surface area contributed by atoms with Crippen molar-refractivity contribution in [3.63, 3.8) is 0 Å². The Morgan fingerprint density at radius 1 is 0.885 bits per heavy atom. The van der Waals surface area contributed by atoms with Crippen molar-refractivity contribution >= 4 is 28.9 Å². The number of carbonyl (C=O) groups excluding carboxylic acids is 2. The van der Waals surface area contributed by atoms with Crippen LogP contribution in [-0.2, 0) is 4.79 Å². The highest BCUT2D eigenvalue weighted by Crippen LogP contribution is 2.16. The van der Waals surface area contributed by atoms with E-state index in [1.165, 1.54) is 6.26 Å². The van der Waals surface area contributed by atoms with Gasteiger partial charge in [-0.2, -0.15) is 0 Å². The van der Waals surface area contributed by atoms with Crippen LogP contribution in [0.4, 0.5) is 17.1 Å². The standard InChI is InChI=1S/C20H19N3O3/c1-14-7-9-15(10-8-14)21-13-19(24)22-16-4-2-5-17(12-16)23-20(25)18-6-3-11-26-18/h2-12,21H,13H2,1H3,(H,22,24)(H,23,25). The fourth-order valence-corrected chi connectivity index (χ4v) is 2.33. The van der Waals surface area contributed by atoms with Crippen LogP contribution in [0.5, 0.6) is 0 Å². The summed E-state index contributed by atoms with van der Waals surface area (Å²) in [5, 5.41) is 8.58. The minimum absolute atomic E-state index is 0.145. The van der Waals surface area contributed by atoms with Crippen molar-refractivity contribution in [2.75, 3.05) is 22.5 Å². The van der Waals surface area contributed by atoms with E-state index in [0.29, 0.717) is 11.4 Å². The van der Waals surface area contributed by atoms with Gasteiger partial charge in [0.25, 0.3) is 5.91 Å². The fourth-order valence-electron chi connectivity index (χ4n) is 2.33. The molecule has 0 aliphatic carbocycles. The summed E-state index contributed by atoms with van der Waals surface area (Å²) in [4.78, 5) is 24.1. The quantitative estimate of drug-likeness (QED) is 0.630. The zero-order valence-corrected chi connectivity index (χ0v) is 14.3. The van der Waals surface area contributed by atoms with Crippen LogP contribution >= 0.6 is 0 Å². The van der Waals surface area contributed by atoms with Crippen molar-refractivity contribution in [2.24, 2.45) is 0 Å².